The Morgan fingerprint density at radius 3 is 2.30 bits per heavy atom. The lowest BCUT2D eigenvalue weighted by molar-refractivity contribution is -0.170. The van der Waals surface area contributed by atoms with Gasteiger partial charge in [-0.3, -0.25) is 9.59 Å². The maximum absolute atomic E-state index is 12.3. The first kappa shape index (κ1) is 14.4. The van der Waals surface area contributed by atoms with E-state index in [4.69, 9.17) is 9.57 Å². The highest BCUT2D eigenvalue weighted by Crippen LogP contribution is 2.48. The first-order valence-corrected chi connectivity index (χ1v) is 7.94. The zero-order valence-corrected chi connectivity index (χ0v) is 12.6. The van der Waals surface area contributed by atoms with Crippen molar-refractivity contribution in [3.05, 3.63) is 35.4 Å². The molecule has 1 aliphatic carbocycles. The number of nitrogens with zero attached hydrogens (tertiary/aromatic N) is 1. The number of fused-ring (bicyclic) bond motifs is 1. The molecule has 0 unspecified atom stereocenters. The van der Waals surface area contributed by atoms with E-state index in [2.05, 4.69) is 0 Å². The second-order valence-corrected chi connectivity index (χ2v) is 6.32. The molecule has 0 bridgehead atoms. The zero-order valence-electron chi connectivity index (χ0n) is 12.6. The lowest BCUT2D eigenvalue weighted by Crippen LogP contribution is -2.33. The third-order valence-electron chi connectivity index (χ3n) is 4.95. The van der Waals surface area contributed by atoms with Gasteiger partial charge >= 0.3 is 5.97 Å². The summed E-state index contributed by atoms with van der Waals surface area (Å²) in [6.07, 6.45) is 2.69. The van der Waals surface area contributed by atoms with Crippen molar-refractivity contribution in [1.82, 2.24) is 5.06 Å². The van der Waals surface area contributed by atoms with Crippen molar-refractivity contribution < 1.29 is 24.0 Å². The van der Waals surface area contributed by atoms with Gasteiger partial charge in [0.05, 0.1) is 17.0 Å². The molecule has 120 valence electrons. The average Bonchev–Trinajstić information content (AvgIpc) is 3.36. The maximum atomic E-state index is 12.3. The van der Waals surface area contributed by atoms with Gasteiger partial charge in [0.1, 0.15) is 0 Å². The van der Waals surface area contributed by atoms with Crippen LogP contribution in [0, 0.1) is 17.8 Å². The van der Waals surface area contributed by atoms with Gasteiger partial charge in [-0.1, -0.05) is 17.2 Å². The van der Waals surface area contributed by atoms with Crippen LogP contribution >= 0.6 is 0 Å². The van der Waals surface area contributed by atoms with Crippen molar-refractivity contribution in [2.75, 3.05) is 13.2 Å². The summed E-state index contributed by atoms with van der Waals surface area (Å²) >= 11 is 0. The SMILES string of the molecule is O=C(ON1C(=O)c2ccccc2C1=O)[C@@H]1C[C@H]1C1CCOCC1. The van der Waals surface area contributed by atoms with E-state index in [9.17, 15) is 14.4 Å². The number of hydrogen-bond donors (Lipinski definition) is 0. The van der Waals surface area contributed by atoms with Gasteiger partial charge in [0.25, 0.3) is 11.8 Å². The molecule has 2 atom stereocenters. The standard InChI is InChI=1S/C17H17NO5/c19-15-11-3-1-2-4-12(11)16(20)18(15)23-17(21)14-9-13(14)10-5-7-22-8-6-10/h1-4,10,13-14H,5-9H2/t13-,14+/m0/s1. The minimum Gasteiger partial charge on any atom is -0.381 e. The van der Waals surface area contributed by atoms with Gasteiger partial charge in [0.2, 0.25) is 0 Å². The molecule has 1 aromatic carbocycles. The molecule has 0 N–H and O–H groups in total. The monoisotopic (exact) mass is 315 g/mol. The summed E-state index contributed by atoms with van der Waals surface area (Å²) in [6.45, 7) is 1.47. The maximum Gasteiger partial charge on any atom is 0.336 e. The molecule has 2 heterocycles. The highest BCUT2D eigenvalue weighted by Gasteiger charge is 2.50. The van der Waals surface area contributed by atoms with Crippen LogP contribution in [0.1, 0.15) is 40.0 Å². The molecule has 1 aromatic rings. The van der Waals surface area contributed by atoms with Crippen LogP contribution in [0.5, 0.6) is 0 Å². The minimum atomic E-state index is -0.567. The Morgan fingerprint density at radius 2 is 1.70 bits per heavy atom. The molecule has 6 nitrogen and oxygen atoms in total. The molecule has 0 aromatic heterocycles. The van der Waals surface area contributed by atoms with E-state index in [0.717, 1.165) is 32.5 Å². The van der Waals surface area contributed by atoms with E-state index in [0.29, 0.717) is 16.9 Å². The molecule has 2 amide bonds. The van der Waals surface area contributed by atoms with Gasteiger partial charge in [0, 0.05) is 13.2 Å². The van der Waals surface area contributed by atoms with Crippen molar-refractivity contribution in [2.45, 2.75) is 19.3 Å². The van der Waals surface area contributed by atoms with Crippen molar-refractivity contribution in [1.29, 1.82) is 0 Å². The highest BCUT2D eigenvalue weighted by molar-refractivity contribution is 6.20. The van der Waals surface area contributed by atoms with Crippen LogP contribution < -0.4 is 0 Å². The number of hydroxylamine groups is 2. The summed E-state index contributed by atoms with van der Waals surface area (Å²) in [5.74, 6) is -1.05. The van der Waals surface area contributed by atoms with E-state index in [1.54, 1.807) is 24.3 Å². The third kappa shape index (κ3) is 2.43. The molecule has 1 saturated heterocycles. The number of carbonyl (C=O) groups is 3. The zero-order chi connectivity index (χ0) is 16.0. The molecular formula is C17H17NO5. The molecule has 4 rings (SSSR count). The van der Waals surface area contributed by atoms with Crippen LogP contribution in [-0.2, 0) is 14.4 Å². The Morgan fingerprint density at radius 1 is 1.09 bits per heavy atom. The third-order valence-corrected chi connectivity index (χ3v) is 4.95. The van der Waals surface area contributed by atoms with Crippen LogP contribution in [0.3, 0.4) is 0 Å². The molecule has 2 fully saturated rings. The fourth-order valence-corrected chi connectivity index (χ4v) is 3.56. The first-order chi connectivity index (χ1) is 11.2. The second-order valence-electron chi connectivity index (χ2n) is 6.32. The fraction of sp³-hybridized carbons (Fsp3) is 0.471. The predicted octanol–water partition coefficient (Wildman–Crippen LogP) is 1.80. The molecule has 2 aliphatic heterocycles. The fourth-order valence-electron chi connectivity index (χ4n) is 3.56. The summed E-state index contributed by atoms with van der Waals surface area (Å²) < 4.78 is 5.33. The van der Waals surface area contributed by atoms with Gasteiger partial charge < -0.3 is 9.57 Å². The van der Waals surface area contributed by atoms with Gasteiger partial charge in [0.15, 0.2) is 0 Å². The average molecular weight is 315 g/mol. The van der Waals surface area contributed by atoms with Crippen LogP contribution in [0.4, 0.5) is 0 Å². The summed E-state index contributed by atoms with van der Waals surface area (Å²) in [5, 5.41) is 0.604. The molecule has 0 radical (unpaired) electrons. The number of imide groups is 1. The van der Waals surface area contributed by atoms with Crippen molar-refractivity contribution in [2.24, 2.45) is 17.8 Å². The van der Waals surface area contributed by atoms with Gasteiger partial charge in [-0.15, -0.1) is 0 Å². The van der Waals surface area contributed by atoms with E-state index in [1.807, 2.05) is 0 Å². The highest BCUT2D eigenvalue weighted by atomic mass is 16.7. The Hall–Kier alpha value is -2.21. The number of ether oxygens (including phenoxy) is 1. The Labute approximate surface area is 133 Å². The quantitative estimate of drug-likeness (QED) is 0.795. The lowest BCUT2D eigenvalue weighted by Gasteiger charge is -2.22. The van der Waals surface area contributed by atoms with Crippen molar-refractivity contribution in [3.8, 4) is 0 Å². The van der Waals surface area contributed by atoms with Crippen LogP contribution in [0.2, 0.25) is 0 Å². The Balaban J connectivity index is 1.41. The number of hydrogen-bond acceptors (Lipinski definition) is 5. The normalized spacial score (nSPS) is 27.0. The molecule has 1 saturated carbocycles. The Kier molecular flexibility index (Phi) is 3.41. The van der Waals surface area contributed by atoms with Crippen molar-refractivity contribution >= 4 is 17.8 Å². The van der Waals surface area contributed by atoms with Crippen LogP contribution in [-0.4, -0.2) is 36.1 Å². The lowest BCUT2D eigenvalue weighted by atomic mass is 9.94. The largest absolute Gasteiger partial charge is 0.381 e. The van der Waals surface area contributed by atoms with E-state index in [-0.39, 0.29) is 17.0 Å². The first-order valence-electron chi connectivity index (χ1n) is 7.94. The molecule has 3 aliphatic rings. The molecular weight excluding hydrogens is 298 g/mol. The summed E-state index contributed by atoms with van der Waals surface area (Å²) in [5.41, 5.74) is 0.559. The number of carbonyl (C=O) groups excluding carboxylic acids is 3. The van der Waals surface area contributed by atoms with Gasteiger partial charge in [-0.2, -0.15) is 0 Å². The minimum absolute atomic E-state index is 0.206. The van der Waals surface area contributed by atoms with Gasteiger partial charge in [-0.05, 0) is 43.2 Å². The van der Waals surface area contributed by atoms with E-state index >= 15 is 0 Å². The summed E-state index contributed by atoms with van der Waals surface area (Å²) in [6, 6.07) is 6.48. The number of benzene rings is 1. The van der Waals surface area contributed by atoms with Crippen LogP contribution in [0.15, 0.2) is 24.3 Å². The topological polar surface area (TPSA) is 72.9 Å². The van der Waals surface area contributed by atoms with E-state index < -0.39 is 17.8 Å². The molecule has 6 heteroatoms. The predicted molar refractivity (Wildman–Crippen MR) is 78.2 cm³/mol. The number of rotatable bonds is 3. The Bertz CT molecular complexity index is 644. The second kappa shape index (κ2) is 5.45. The smallest absolute Gasteiger partial charge is 0.336 e. The summed E-state index contributed by atoms with van der Waals surface area (Å²) in [4.78, 5) is 41.7. The van der Waals surface area contributed by atoms with Gasteiger partial charge in [-0.25, -0.2) is 4.79 Å². The van der Waals surface area contributed by atoms with Crippen molar-refractivity contribution in [3.63, 3.8) is 0 Å². The van der Waals surface area contributed by atoms with E-state index in [1.165, 1.54) is 0 Å². The molecule has 0 spiro atoms. The summed E-state index contributed by atoms with van der Waals surface area (Å²) in [7, 11) is 0. The van der Waals surface area contributed by atoms with Crippen LogP contribution in [0.25, 0.3) is 0 Å². The number of amides is 2. The molecule has 23 heavy (non-hydrogen) atoms.